The fourth-order valence-corrected chi connectivity index (χ4v) is 4.65. The molecule has 37 heavy (non-hydrogen) atoms. The highest BCUT2D eigenvalue weighted by molar-refractivity contribution is 7.18. The standard InChI is InChI=1S/C29H21N3O4S/c1-3-19-13-25(35-18-21-10-7-11-22(12-21)34-17-20-8-5-4-6-9-20)23-15-27(36-26(23)14-19)24-16-32-28(30-24)37-29(31-32)33-2/h1,4-16H,17-18H2,2H3. The van der Waals surface area contributed by atoms with E-state index in [1.807, 2.05) is 72.8 Å². The van der Waals surface area contributed by atoms with Gasteiger partial charge in [-0.2, -0.15) is 0 Å². The second-order valence-corrected chi connectivity index (χ2v) is 9.20. The second-order valence-electron chi connectivity index (χ2n) is 8.28. The summed E-state index contributed by atoms with van der Waals surface area (Å²) in [6.07, 6.45) is 7.50. The first kappa shape index (κ1) is 22.7. The van der Waals surface area contributed by atoms with Crippen LogP contribution in [-0.2, 0) is 13.2 Å². The predicted octanol–water partition coefficient (Wildman–Crippen LogP) is 6.35. The number of imidazole rings is 1. The SMILES string of the molecule is C#Cc1cc(OCc2cccc(OCc3ccccc3)c2)c2cc(-c3cn4nc(OC)sc4n3)oc2c1. The summed E-state index contributed by atoms with van der Waals surface area (Å²) >= 11 is 1.35. The highest BCUT2D eigenvalue weighted by Crippen LogP contribution is 2.35. The van der Waals surface area contributed by atoms with Gasteiger partial charge in [0, 0.05) is 5.56 Å². The molecule has 0 N–H and O–H groups in total. The van der Waals surface area contributed by atoms with Crippen LogP contribution < -0.4 is 14.2 Å². The summed E-state index contributed by atoms with van der Waals surface area (Å²) in [5, 5.41) is 5.68. The molecule has 0 unspecified atom stereocenters. The number of ether oxygens (including phenoxy) is 3. The van der Waals surface area contributed by atoms with Gasteiger partial charge in [0.05, 0.1) is 18.7 Å². The Balaban J connectivity index is 1.23. The van der Waals surface area contributed by atoms with Gasteiger partial charge in [0.1, 0.15) is 36.0 Å². The Hall–Kier alpha value is -4.74. The minimum absolute atomic E-state index is 0.343. The summed E-state index contributed by atoms with van der Waals surface area (Å²) < 4.78 is 25.1. The molecular formula is C29H21N3O4S. The summed E-state index contributed by atoms with van der Waals surface area (Å²) in [4.78, 5) is 5.32. The Bertz CT molecular complexity index is 1710. The largest absolute Gasteiger partial charge is 0.489 e. The van der Waals surface area contributed by atoms with E-state index in [0.29, 0.717) is 51.7 Å². The van der Waals surface area contributed by atoms with E-state index >= 15 is 0 Å². The molecule has 6 rings (SSSR count). The van der Waals surface area contributed by atoms with Crippen molar-refractivity contribution in [3.05, 3.63) is 95.7 Å². The summed E-state index contributed by atoms with van der Waals surface area (Å²) in [5.41, 5.74) is 4.04. The van der Waals surface area contributed by atoms with Crippen molar-refractivity contribution in [2.45, 2.75) is 13.2 Å². The fourth-order valence-electron chi connectivity index (χ4n) is 3.95. The lowest BCUT2D eigenvalue weighted by Gasteiger charge is -2.10. The van der Waals surface area contributed by atoms with Gasteiger partial charge in [0.2, 0.25) is 4.96 Å². The third-order valence-electron chi connectivity index (χ3n) is 5.76. The van der Waals surface area contributed by atoms with Crippen LogP contribution in [0.3, 0.4) is 0 Å². The van der Waals surface area contributed by atoms with Gasteiger partial charge < -0.3 is 18.6 Å². The van der Waals surface area contributed by atoms with Crippen molar-refractivity contribution < 1.29 is 18.6 Å². The fraction of sp³-hybridized carbons (Fsp3) is 0.103. The van der Waals surface area contributed by atoms with Crippen LogP contribution in [0.4, 0.5) is 0 Å². The van der Waals surface area contributed by atoms with Crippen LogP contribution in [0, 0.1) is 12.3 Å². The molecule has 0 atom stereocenters. The van der Waals surface area contributed by atoms with Gasteiger partial charge in [-0.25, -0.2) is 9.50 Å². The van der Waals surface area contributed by atoms with Gasteiger partial charge in [-0.15, -0.1) is 11.5 Å². The zero-order valence-corrected chi connectivity index (χ0v) is 20.7. The van der Waals surface area contributed by atoms with E-state index in [2.05, 4.69) is 16.0 Å². The molecule has 0 amide bonds. The van der Waals surface area contributed by atoms with Crippen LogP contribution in [0.15, 0.2) is 83.4 Å². The minimum atomic E-state index is 0.343. The Morgan fingerprint density at radius 2 is 1.81 bits per heavy atom. The quantitative estimate of drug-likeness (QED) is 0.224. The summed E-state index contributed by atoms with van der Waals surface area (Å²) in [6.45, 7) is 0.845. The topological polar surface area (TPSA) is 71.0 Å². The molecule has 0 aliphatic heterocycles. The van der Waals surface area contributed by atoms with Crippen molar-refractivity contribution in [2.75, 3.05) is 7.11 Å². The number of nitrogens with zero attached hydrogens (tertiary/aromatic N) is 3. The molecule has 0 aliphatic rings. The molecular weight excluding hydrogens is 486 g/mol. The zero-order valence-electron chi connectivity index (χ0n) is 19.9. The number of furan rings is 1. The highest BCUT2D eigenvalue weighted by atomic mass is 32.1. The van der Waals surface area contributed by atoms with Crippen LogP contribution in [0.25, 0.3) is 27.4 Å². The number of terminal acetylenes is 1. The molecule has 3 aromatic carbocycles. The van der Waals surface area contributed by atoms with Crippen molar-refractivity contribution in [1.82, 2.24) is 14.6 Å². The molecule has 8 heteroatoms. The van der Waals surface area contributed by atoms with Crippen LogP contribution in [0.2, 0.25) is 0 Å². The molecule has 0 saturated heterocycles. The van der Waals surface area contributed by atoms with E-state index in [1.165, 1.54) is 11.3 Å². The monoisotopic (exact) mass is 507 g/mol. The summed E-state index contributed by atoms with van der Waals surface area (Å²) in [7, 11) is 1.58. The molecule has 0 saturated carbocycles. The Labute approximate surface area is 216 Å². The molecule has 6 aromatic rings. The van der Waals surface area contributed by atoms with E-state index in [0.717, 1.165) is 22.3 Å². The van der Waals surface area contributed by atoms with E-state index in [1.54, 1.807) is 17.8 Å². The first-order valence-corrected chi connectivity index (χ1v) is 12.3. The van der Waals surface area contributed by atoms with E-state index < -0.39 is 0 Å². The van der Waals surface area contributed by atoms with Crippen LogP contribution in [-0.4, -0.2) is 21.7 Å². The molecule has 182 valence electrons. The van der Waals surface area contributed by atoms with E-state index in [4.69, 9.17) is 25.1 Å². The zero-order chi connectivity index (χ0) is 25.2. The molecule has 3 heterocycles. The lowest BCUT2D eigenvalue weighted by Crippen LogP contribution is -1.99. The first-order valence-electron chi connectivity index (χ1n) is 11.5. The molecule has 0 spiro atoms. The number of aromatic nitrogens is 3. The van der Waals surface area contributed by atoms with Crippen molar-refractivity contribution in [3.63, 3.8) is 0 Å². The van der Waals surface area contributed by atoms with Crippen molar-refractivity contribution >= 4 is 27.3 Å². The third kappa shape index (κ3) is 4.73. The Kier molecular flexibility index (Phi) is 5.97. The number of fused-ring (bicyclic) bond motifs is 2. The van der Waals surface area contributed by atoms with Crippen LogP contribution in [0.5, 0.6) is 16.7 Å². The van der Waals surface area contributed by atoms with Crippen molar-refractivity contribution in [2.24, 2.45) is 0 Å². The maximum absolute atomic E-state index is 6.23. The molecule has 0 bridgehead atoms. The number of hydrogen-bond acceptors (Lipinski definition) is 7. The number of benzene rings is 3. The van der Waals surface area contributed by atoms with Crippen LogP contribution >= 0.6 is 11.3 Å². The Morgan fingerprint density at radius 3 is 2.62 bits per heavy atom. The normalized spacial score (nSPS) is 11.0. The molecule has 0 radical (unpaired) electrons. The molecule has 3 aromatic heterocycles. The lowest BCUT2D eigenvalue weighted by atomic mass is 10.1. The minimum Gasteiger partial charge on any atom is -0.489 e. The smallest absolute Gasteiger partial charge is 0.294 e. The van der Waals surface area contributed by atoms with Gasteiger partial charge in [-0.3, -0.25) is 0 Å². The van der Waals surface area contributed by atoms with Gasteiger partial charge >= 0.3 is 0 Å². The molecule has 0 aliphatic carbocycles. The predicted molar refractivity (Wildman–Crippen MR) is 142 cm³/mol. The average molecular weight is 508 g/mol. The summed E-state index contributed by atoms with van der Waals surface area (Å²) in [5.74, 6) is 4.69. The van der Waals surface area contributed by atoms with Gasteiger partial charge in [0.25, 0.3) is 5.19 Å². The average Bonchev–Trinajstić information content (AvgIpc) is 3.64. The second kappa shape index (κ2) is 9.72. The number of hydrogen-bond donors (Lipinski definition) is 0. The number of rotatable bonds is 8. The molecule has 7 nitrogen and oxygen atoms in total. The lowest BCUT2D eigenvalue weighted by molar-refractivity contribution is 0.297. The third-order valence-corrected chi connectivity index (χ3v) is 6.64. The summed E-state index contributed by atoms with van der Waals surface area (Å²) in [6, 6.07) is 23.5. The highest BCUT2D eigenvalue weighted by Gasteiger charge is 2.17. The Morgan fingerprint density at radius 1 is 0.973 bits per heavy atom. The first-order chi connectivity index (χ1) is 18.2. The molecule has 0 fully saturated rings. The van der Waals surface area contributed by atoms with Gasteiger partial charge in [-0.05, 0) is 52.8 Å². The van der Waals surface area contributed by atoms with Crippen molar-refractivity contribution in [1.29, 1.82) is 0 Å². The van der Waals surface area contributed by atoms with Crippen molar-refractivity contribution in [3.8, 4) is 40.5 Å². The maximum Gasteiger partial charge on any atom is 0.294 e. The van der Waals surface area contributed by atoms with Crippen LogP contribution in [0.1, 0.15) is 16.7 Å². The van der Waals surface area contributed by atoms with E-state index in [9.17, 15) is 0 Å². The number of methoxy groups -OCH3 is 1. The maximum atomic E-state index is 6.23. The van der Waals surface area contributed by atoms with Gasteiger partial charge in [-0.1, -0.05) is 48.4 Å². The van der Waals surface area contributed by atoms with Gasteiger partial charge in [0.15, 0.2) is 5.76 Å². The van der Waals surface area contributed by atoms with E-state index in [-0.39, 0.29) is 0 Å².